The summed E-state index contributed by atoms with van der Waals surface area (Å²) >= 11 is 5.95. The van der Waals surface area contributed by atoms with Gasteiger partial charge in [0.05, 0.1) is 6.61 Å². The Labute approximate surface area is 136 Å². The second-order valence-corrected chi connectivity index (χ2v) is 6.27. The molecule has 2 aliphatic rings. The molecule has 1 aromatic rings. The van der Waals surface area contributed by atoms with Crippen molar-refractivity contribution in [3.63, 3.8) is 0 Å². The molecule has 1 N–H and O–H groups in total. The lowest BCUT2D eigenvalue weighted by molar-refractivity contribution is 0.146. The molecule has 5 nitrogen and oxygen atoms in total. The quantitative estimate of drug-likeness (QED) is 0.910. The Hall–Kier alpha value is -1.30. The van der Waals surface area contributed by atoms with Crippen LogP contribution in [0.5, 0.6) is 0 Å². The standard InChI is InChI=1S/C16H22ClN3O2/c17-13-3-1-4-14(11-13)18-16(21)20-7-2-6-19(8-9-20)15-5-10-22-12-15/h1,3-4,11,15H,2,5-10,12H2,(H,18,21). The minimum Gasteiger partial charge on any atom is -0.380 e. The summed E-state index contributed by atoms with van der Waals surface area (Å²) in [5.74, 6) is 0. The van der Waals surface area contributed by atoms with Crippen LogP contribution in [0.2, 0.25) is 5.02 Å². The predicted octanol–water partition coefficient (Wildman–Crippen LogP) is 2.67. The van der Waals surface area contributed by atoms with Gasteiger partial charge in [-0.1, -0.05) is 17.7 Å². The zero-order valence-corrected chi connectivity index (χ0v) is 13.4. The van der Waals surface area contributed by atoms with Crippen molar-refractivity contribution in [1.82, 2.24) is 9.80 Å². The summed E-state index contributed by atoms with van der Waals surface area (Å²) in [6, 6.07) is 7.72. The summed E-state index contributed by atoms with van der Waals surface area (Å²) in [6.45, 7) is 5.18. The average Bonchev–Trinajstić information content (AvgIpc) is 2.92. The van der Waals surface area contributed by atoms with E-state index in [0.717, 1.165) is 57.9 Å². The van der Waals surface area contributed by atoms with Crippen LogP contribution >= 0.6 is 11.6 Å². The summed E-state index contributed by atoms with van der Waals surface area (Å²) in [6.07, 6.45) is 2.11. The molecule has 0 spiro atoms. The molecule has 22 heavy (non-hydrogen) atoms. The number of rotatable bonds is 2. The van der Waals surface area contributed by atoms with Crippen molar-refractivity contribution >= 4 is 23.3 Å². The van der Waals surface area contributed by atoms with Crippen molar-refractivity contribution < 1.29 is 9.53 Å². The Morgan fingerprint density at radius 3 is 2.95 bits per heavy atom. The number of anilines is 1. The fourth-order valence-electron chi connectivity index (χ4n) is 3.08. The number of ether oxygens (including phenoxy) is 1. The topological polar surface area (TPSA) is 44.8 Å². The lowest BCUT2D eigenvalue weighted by atomic mass is 10.2. The third-order valence-electron chi connectivity index (χ3n) is 4.32. The highest BCUT2D eigenvalue weighted by atomic mass is 35.5. The van der Waals surface area contributed by atoms with Gasteiger partial charge in [0.1, 0.15) is 0 Å². The van der Waals surface area contributed by atoms with Gasteiger partial charge in [0.15, 0.2) is 0 Å². The molecule has 2 amide bonds. The summed E-state index contributed by atoms with van der Waals surface area (Å²) in [4.78, 5) is 16.7. The van der Waals surface area contributed by atoms with Gasteiger partial charge in [-0.2, -0.15) is 0 Å². The van der Waals surface area contributed by atoms with Crippen LogP contribution in [0, 0.1) is 0 Å². The van der Waals surface area contributed by atoms with Gasteiger partial charge < -0.3 is 15.0 Å². The lowest BCUT2D eigenvalue weighted by Gasteiger charge is -2.26. The maximum Gasteiger partial charge on any atom is 0.321 e. The van der Waals surface area contributed by atoms with Crippen molar-refractivity contribution in [3.8, 4) is 0 Å². The second-order valence-electron chi connectivity index (χ2n) is 5.83. The highest BCUT2D eigenvalue weighted by molar-refractivity contribution is 6.30. The van der Waals surface area contributed by atoms with E-state index in [-0.39, 0.29) is 6.03 Å². The van der Waals surface area contributed by atoms with Crippen LogP contribution in [-0.4, -0.2) is 61.3 Å². The third-order valence-corrected chi connectivity index (χ3v) is 4.55. The van der Waals surface area contributed by atoms with Gasteiger partial charge in [0.25, 0.3) is 0 Å². The number of nitrogens with one attached hydrogen (secondary N) is 1. The maximum absolute atomic E-state index is 12.4. The first kappa shape index (κ1) is 15.6. The molecule has 2 saturated heterocycles. The highest BCUT2D eigenvalue weighted by Crippen LogP contribution is 2.17. The van der Waals surface area contributed by atoms with Crippen LogP contribution in [0.25, 0.3) is 0 Å². The highest BCUT2D eigenvalue weighted by Gasteiger charge is 2.26. The van der Waals surface area contributed by atoms with Crippen molar-refractivity contribution in [1.29, 1.82) is 0 Å². The third kappa shape index (κ3) is 3.91. The van der Waals surface area contributed by atoms with E-state index in [2.05, 4.69) is 10.2 Å². The Morgan fingerprint density at radius 2 is 2.18 bits per heavy atom. The first-order chi connectivity index (χ1) is 10.7. The Kier molecular flexibility index (Phi) is 5.18. The van der Waals surface area contributed by atoms with E-state index in [4.69, 9.17) is 16.3 Å². The molecule has 3 rings (SSSR count). The molecule has 2 heterocycles. The van der Waals surface area contributed by atoms with E-state index < -0.39 is 0 Å². The molecule has 0 aromatic heterocycles. The van der Waals surface area contributed by atoms with E-state index in [1.165, 1.54) is 0 Å². The van der Waals surface area contributed by atoms with Gasteiger partial charge >= 0.3 is 6.03 Å². The van der Waals surface area contributed by atoms with E-state index in [0.29, 0.717) is 11.1 Å². The van der Waals surface area contributed by atoms with Crippen molar-refractivity contribution in [3.05, 3.63) is 29.3 Å². The fraction of sp³-hybridized carbons (Fsp3) is 0.562. The van der Waals surface area contributed by atoms with Crippen LogP contribution < -0.4 is 5.32 Å². The number of amides is 2. The molecule has 2 aliphatic heterocycles. The van der Waals surface area contributed by atoms with Gasteiger partial charge in [0.2, 0.25) is 0 Å². The number of halogens is 1. The summed E-state index contributed by atoms with van der Waals surface area (Å²) in [5, 5.41) is 3.55. The smallest absolute Gasteiger partial charge is 0.321 e. The van der Waals surface area contributed by atoms with E-state index in [1.807, 2.05) is 17.0 Å². The molecule has 120 valence electrons. The lowest BCUT2D eigenvalue weighted by Crippen LogP contribution is -2.41. The fourth-order valence-corrected chi connectivity index (χ4v) is 3.27. The summed E-state index contributed by atoms with van der Waals surface area (Å²) < 4.78 is 5.47. The van der Waals surface area contributed by atoms with Gasteiger partial charge in [0, 0.05) is 49.5 Å². The largest absolute Gasteiger partial charge is 0.380 e. The second kappa shape index (κ2) is 7.31. The van der Waals surface area contributed by atoms with Crippen LogP contribution in [0.1, 0.15) is 12.8 Å². The SMILES string of the molecule is O=C(Nc1cccc(Cl)c1)N1CCCN(C2CCOC2)CC1. The molecule has 6 heteroatoms. The monoisotopic (exact) mass is 323 g/mol. The molecule has 2 fully saturated rings. The molecule has 0 radical (unpaired) electrons. The van der Waals surface area contributed by atoms with Gasteiger partial charge in [-0.05, 0) is 31.0 Å². The minimum atomic E-state index is -0.0493. The zero-order valence-electron chi connectivity index (χ0n) is 12.6. The number of benzene rings is 1. The van der Waals surface area contributed by atoms with Crippen molar-refractivity contribution in [2.75, 3.05) is 44.7 Å². The molecule has 0 saturated carbocycles. The van der Waals surface area contributed by atoms with Gasteiger partial charge in [-0.15, -0.1) is 0 Å². The van der Waals surface area contributed by atoms with Crippen LogP contribution in [0.4, 0.5) is 10.5 Å². The molecule has 0 bridgehead atoms. The zero-order chi connectivity index (χ0) is 15.4. The first-order valence-electron chi connectivity index (χ1n) is 7.86. The van der Waals surface area contributed by atoms with Crippen molar-refractivity contribution in [2.24, 2.45) is 0 Å². The number of carbonyl (C=O) groups is 1. The Balaban J connectivity index is 1.54. The molecule has 0 aliphatic carbocycles. The molecular weight excluding hydrogens is 302 g/mol. The molecule has 1 aromatic carbocycles. The molecule has 1 unspecified atom stereocenters. The van der Waals surface area contributed by atoms with E-state index in [1.54, 1.807) is 12.1 Å². The molecular formula is C16H22ClN3O2. The van der Waals surface area contributed by atoms with Crippen LogP contribution in [0.15, 0.2) is 24.3 Å². The first-order valence-corrected chi connectivity index (χ1v) is 8.23. The van der Waals surface area contributed by atoms with Crippen LogP contribution in [0.3, 0.4) is 0 Å². The number of hydrogen-bond donors (Lipinski definition) is 1. The number of hydrogen-bond acceptors (Lipinski definition) is 3. The summed E-state index contributed by atoms with van der Waals surface area (Å²) in [7, 11) is 0. The Morgan fingerprint density at radius 1 is 1.27 bits per heavy atom. The minimum absolute atomic E-state index is 0.0493. The van der Waals surface area contributed by atoms with Crippen molar-refractivity contribution in [2.45, 2.75) is 18.9 Å². The number of carbonyl (C=O) groups excluding carboxylic acids is 1. The van der Waals surface area contributed by atoms with Gasteiger partial charge in [-0.3, -0.25) is 4.90 Å². The maximum atomic E-state index is 12.4. The van der Waals surface area contributed by atoms with E-state index in [9.17, 15) is 4.79 Å². The molecule has 1 atom stereocenters. The number of urea groups is 1. The average molecular weight is 324 g/mol. The van der Waals surface area contributed by atoms with Gasteiger partial charge in [-0.25, -0.2) is 4.79 Å². The normalized spacial score (nSPS) is 23.3. The van der Waals surface area contributed by atoms with Crippen LogP contribution in [-0.2, 0) is 4.74 Å². The van der Waals surface area contributed by atoms with E-state index >= 15 is 0 Å². The predicted molar refractivity (Wildman–Crippen MR) is 87.5 cm³/mol. The summed E-state index contributed by atoms with van der Waals surface area (Å²) in [5.41, 5.74) is 0.739. The number of nitrogens with zero attached hydrogens (tertiary/aromatic N) is 2. The Bertz CT molecular complexity index is 520.